The Kier molecular flexibility index (Phi) is 47.0. The molecule has 0 fully saturated rings. The van der Waals surface area contributed by atoms with Gasteiger partial charge in [-0.1, -0.05) is 265 Å². The van der Waals surface area contributed by atoms with Crippen molar-refractivity contribution >= 4 is 11.9 Å². The largest absolute Gasteiger partial charge is 0.462 e. The highest BCUT2D eigenvalue weighted by molar-refractivity contribution is 5.77. The van der Waals surface area contributed by atoms with E-state index in [1.54, 1.807) is 0 Å². The first-order chi connectivity index (χ1) is 29.0. The first kappa shape index (κ1) is 57.9. The first-order valence-corrected chi connectivity index (χ1v) is 26.8. The highest BCUT2D eigenvalue weighted by Gasteiger charge is 2.24. The van der Waals surface area contributed by atoms with Crippen LogP contribution in [0.1, 0.15) is 303 Å². The van der Waals surface area contributed by atoms with Crippen molar-refractivity contribution in [3.05, 3.63) is 0 Å². The third-order valence-electron chi connectivity index (χ3n) is 12.7. The van der Waals surface area contributed by atoms with E-state index in [1.807, 2.05) is 0 Å². The lowest BCUT2D eigenvalue weighted by Gasteiger charge is -2.24. The van der Waals surface area contributed by atoms with Crippen LogP contribution in [0.4, 0.5) is 0 Å². The summed E-state index contributed by atoms with van der Waals surface area (Å²) in [5.74, 6) is -0.452. The van der Waals surface area contributed by atoms with Crippen molar-refractivity contribution in [1.82, 2.24) is 5.32 Å². The Morgan fingerprint density at radius 3 is 1.03 bits per heavy atom. The Morgan fingerprint density at radius 2 is 0.712 bits per heavy atom. The van der Waals surface area contributed by atoms with E-state index in [-0.39, 0.29) is 24.9 Å². The molecule has 59 heavy (non-hydrogen) atoms. The Labute approximate surface area is 368 Å². The zero-order valence-corrected chi connectivity index (χ0v) is 40.2. The second-order valence-electron chi connectivity index (χ2n) is 18.6. The van der Waals surface area contributed by atoms with Crippen LogP contribution in [-0.2, 0) is 14.3 Å². The normalized spacial score (nSPS) is 13.1. The van der Waals surface area contributed by atoms with Gasteiger partial charge < -0.3 is 20.3 Å². The van der Waals surface area contributed by atoms with Crippen LogP contribution >= 0.6 is 0 Å². The van der Waals surface area contributed by atoms with Crippen molar-refractivity contribution in [3.8, 4) is 0 Å². The standard InChI is InChI=1S/C53H105NO5/c1-4-7-10-13-16-19-21-23-25-26-27-29-31-34-37-40-43-46-53(58)59-49(44-41-38-35-32-18-15-12-9-6-3)47-52(57)54-50(48-55)51(56)45-42-39-36-33-30-28-24-22-20-17-14-11-8-5-2/h49-51,55-56H,4-48H2,1-3H3,(H,54,57). The predicted molar refractivity (Wildman–Crippen MR) is 255 cm³/mol. The first-order valence-electron chi connectivity index (χ1n) is 26.8. The van der Waals surface area contributed by atoms with E-state index in [9.17, 15) is 19.8 Å². The van der Waals surface area contributed by atoms with Gasteiger partial charge in [0.1, 0.15) is 6.10 Å². The van der Waals surface area contributed by atoms with Crippen LogP contribution in [0.5, 0.6) is 0 Å². The lowest BCUT2D eigenvalue weighted by molar-refractivity contribution is -0.151. The summed E-state index contributed by atoms with van der Waals surface area (Å²) < 4.78 is 5.93. The van der Waals surface area contributed by atoms with Crippen LogP contribution in [0.15, 0.2) is 0 Å². The van der Waals surface area contributed by atoms with Gasteiger partial charge in [0, 0.05) is 6.42 Å². The number of hydrogen-bond donors (Lipinski definition) is 3. The second-order valence-corrected chi connectivity index (χ2v) is 18.6. The number of nitrogens with one attached hydrogen (secondary N) is 1. The third kappa shape index (κ3) is 43.3. The number of carbonyl (C=O) groups is 2. The van der Waals surface area contributed by atoms with Crippen LogP contribution < -0.4 is 5.32 Å². The molecule has 0 aliphatic heterocycles. The predicted octanol–water partition coefficient (Wildman–Crippen LogP) is 16.0. The Hall–Kier alpha value is -1.14. The maximum atomic E-state index is 13.2. The monoisotopic (exact) mass is 836 g/mol. The minimum absolute atomic E-state index is 0.0872. The molecule has 6 heteroatoms. The molecule has 3 atom stereocenters. The number of carbonyl (C=O) groups excluding carboxylic acids is 2. The summed E-state index contributed by atoms with van der Waals surface area (Å²) in [6, 6.07) is -0.691. The maximum Gasteiger partial charge on any atom is 0.306 e. The molecule has 352 valence electrons. The van der Waals surface area contributed by atoms with Crippen molar-refractivity contribution in [2.45, 2.75) is 322 Å². The van der Waals surface area contributed by atoms with Gasteiger partial charge in [0.05, 0.1) is 25.2 Å². The van der Waals surface area contributed by atoms with E-state index in [0.29, 0.717) is 19.3 Å². The summed E-state index contributed by atoms with van der Waals surface area (Å²) in [7, 11) is 0. The molecular formula is C53H105NO5. The van der Waals surface area contributed by atoms with Gasteiger partial charge >= 0.3 is 5.97 Å². The van der Waals surface area contributed by atoms with E-state index >= 15 is 0 Å². The van der Waals surface area contributed by atoms with Gasteiger partial charge in [0.15, 0.2) is 0 Å². The van der Waals surface area contributed by atoms with Crippen molar-refractivity contribution in [2.75, 3.05) is 6.61 Å². The Balaban J connectivity index is 4.37. The molecule has 1 amide bonds. The molecular weight excluding hydrogens is 731 g/mol. The quantitative estimate of drug-likeness (QED) is 0.0419. The van der Waals surface area contributed by atoms with E-state index in [1.165, 1.54) is 218 Å². The fourth-order valence-corrected chi connectivity index (χ4v) is 8.61. The Bertz CT molecular complexity index is 852. The van der Waals surface area contributed by atoms with Crippen molar-refractivity contribution < 1.29 is 24.5 Å². The molecule has 0 bridgehead atoms. The number of amides is 1. The molecule has 3 N–H and O–H groups in total. The zero-order chi connectivity index (χ0) is 43.1. The summed E-state index contributed by atoms with van der Waals surface area (Å²) >= 11 is 0. The van der Waals surface area contributed by atoms with Crippen LogP contribution in [0.2, 0.25) is 0 Å². The van der Waals surface area contributed by atoms with Crippen LogP contribution in [0, 0.1) is 0 Å². The summed E-state index contributed by atoms with van der Waals surface area (Å²) in [4.78, 5) is 26.1. The third-order valence-corrected chi connectivity index (χ3v) is 12.7. The molecule has 6 nitrogen and oxygen atoms in total. The number of ether oxygens (including phenoxy) is 1. The summed E-state index contributed by atoms with van der Waals surface area (Å²) in [5.41, 5.74) is 0. The van der Waals surface area contributed by atoms with Gasteiger partial charge in [-0.15, -0.1) is 0 Å². The van der Waals surface area contributed by atoms with Gasteiger partial charge in [0.25, 0.3) is 0 Å². The molecule has 0 radical (unpaired) electrons. The van der Waals surface area contributed by atoms with E-state index < -0.39 is 18.2 Å². The molecule has 0 heterocycles. The highest BCUT2D eigenvalue weighted by atomic mass is 16.5. The number of esters is 1. The van der Waals surface area contributed by atoms with Gasteiger partial charge in [-0.05, 0) is 25.7 Å². The second kappa shape index (κ2) is 47.9. The smallest absolute Gasteiger partial charge is 0.306 e. The number of aliphatic hydroxyl groups is 2. The van der Waals surface area contributed by atoms with Crippen molar-refractivity contribution in [1.29, 1.82) is 0 Å². The van der Waals surface area contributed by atoms with Gasteiger partial charge in [-0.2, -0.15) is 0 Å². The molecule has 0 spiro atoms. The topological polar surface area (TPSA) is 95.9 Å². The molecule has 0 aliphatic carbocycles. The number of hydrogen-bond acceptors (Lipinski definition) is 5. The molecule has 0 saturated carbocycles. The average Bonchev–Trinajstić information content (AvgIpc) is 3.23. The fourth-order valence-electron chi connectivity index (χ4n) is 8.61. The molecule has 0 rings (SSSR count). The van der Waals surface area contributed by atoms with Crippen LogP contribution in [0.3, 0.4) is 0 Å². The molecule has 0 saturated heterocycles. The van der Waals surface area contributed by atoms with E-state index in [4.69, 9.17) is 4.74 Å². The van der Waals surface area contributed by atoms with E-state index in [0.717, 1.165) is 38.5 Å². The van der Waals surface area contributed by atoms with Crippen molar-refractivity contribution in [3.63, 3.8) is 0 Å². The highest BCUT2D eigenvalue weighted by Crippen LogP contribution is 2.19. The maximum absolute atomic E-state index is 13.2. The van der Waals surface area contributed by atoms with Crippen LogP contribution in [-0.4, -0.2) is 46.9 Å². The molecule has 0 aliphatic rings. The minimum atomic E-state index is -0.778. The summed E-state index contributed by atoms with van der Waals surface area (Å²) in [6.45, 7) is 6.50. The lowest BCUT2D eigenvalue weighted by atomic mass is 10.0. The molecule has 3 unspecified atom stereocenters. The van der Waals surface area contributed by atoms with Crippen LogP contribution in [0.25, 0.3) is 0 Å². The zero-order valence-electron chi connectivity index (χ0n) is 40.2. The molecule has 0 aromatic heterocycles. The van der Waals surface area contributed by atoms with Crippen molar-refractivity contribution in [2.24, 2.45) is 0 Å². The number of rotatable bonds is 49. The van der Waals surface area contributed by atoms with E-state index in [2.05, 4.69) is 26.1 Å². The average molecular weight is 836 g/mol. The summed E-state index contributed by atoms with van der Waals surface area (Å²) in [6.07, 6.45) is 51.7. The minimum Gasteiger partial charge on any atom is -0.462 e. The number of aliphatic hydroxyl groups excluding tert-OH is 2. The van der Waals surface area contributed by atoms with Gasteiger partial charge in [-0.25, -0.2) is 0 Å². The van der Waals surface area contributed by atoms with Gasteiger partial charge in [0.2, 0.25) is 5.91 Å². The number of unbranched alkanes of at least 4 members (excludes halogenated alkanes) is 37. The fraction of sp³-hybridized carbons (Fsp3) is 0.962. The lowest BCUT2D eigenvalue weighted by Crippen LogP contribution is -2.46. The Morgan fingerprint density at radius 1 is 0.424 bits per heavy atom. The molecule has 0 aromatic carbocycles. The molecule has 0 aromatic rings. The SMILES string of the molecule is CCCCCCCCCCCCCCCCCCCC(=O)OC(CCCCCCCCCCC)CC(=O)NC(CO)C(O)CCCCCCCCCCCCCCCC. The van der Waals surface area contributed by atoms with Gasteiger partial charge in [-0.3, -0.25) is 9.59 Å². The summed E-state index contributed by atoms with van der Waals surface area (Å²) in [5, 5.41) is 23.8.